The van der Waals surface area contributed by atoms with Crippen molar-refractivity contribution >= 4 is 23.6 Å². The molecule has 6 heteroatoms. The predicted molar refractivity (Wildman–Crippen MR) is 119 cm³/mol. The summed E-state index contributed by atoms with van der Waals surface area (Å²) in [6.45, 7) is 2.75. The van der Waals surface area contributed by atoms with Gasteiger partial charge in [-0.1, -0.05) is 30.3 Å². The lowest BCUT2D eigenvalue weighted by molar-refractivity contribution is -0.116. The van der Waals surface area contributed by atoms with Gasteiger partial charge >= 0.3 is 0 Å². The molecule has 5 nitrogen and oxygen atoms in total. The highest BCUT2D eigenvalue weighted by Gasteiger charge is 2.07. The van der Waals surface area contributed by atoms with Gasteiger partial charge in [-0.2, -0.15) is 0 Å². The van der Waals surface area contributed by atoms with Crippen LogP contribution in [0.15, 0.2) is 78.9 Å². The van der Waals surface area contributed by atoms with E-state index in [0.717, 1.165) is 16.9 Å². The van der Waals surface area contributed by atoms with Crippen LogP contribution in [0.3, 0.4) is 0 Å². The third-order valence-electron chi connectivity index (χ3n) is 4.39. The summed E-state index contributed by atoms with van der Waals surface area (Å²) >= 11 is 0. The van der Waals surface area contributed by atoms with Gasteiger partial charge in [0.05, 0.1) is 6.61 Å². The van der Waals surface area contributed by atoms with Crippen molar-refractivity contribution in [1.82, 2.24) is 5.32 Å². The van der Waals surface area contributed by atoms with Gasteiger partial charge in [0.2, 0.25) is 5.91 Å². The van der Waals surface area contributed by atoms with Gasteiger partial charge in [0.15, 0.2) is 0 Å². The van der Waals surface area contributed by atoms with E-state index in [4.69, 9.17) is 4.74 Å². The van der Waals surface area contributed by atoms with Crippen molar-refractivity contribution in [1.29, 1.82) is 0 Å². The van der Waals surface area contributed by atoms with E-state index in [1.165, 1.54) is 30.3 Å². The summed E-state index contributed by atoms with van der Waals surface area (Å²) in [6, 6.07) is 20.0. The molecule has 0 aliphatic heterocycles. The Morgan fingerprint density at radius 1 is 1.00 bits per heavy atom. The van der Waals surface area contributed by atoms with Crippen LogP contribution in [0, 0.1) is 5.82 Å². The maximum absolute atomic E-state index is 13.0. The van der Waals surface area contributed by atoms with Crippen LogP contribution in [0.25, 0.3) is 6.08 Å². The second-order valence-electron chi connectivity index (χ2n) is 6.68. The van der Waals surface area contributed by atoms with Crippen molar-refractivity contribution in [2.75, 3.05) is 11.9 Å². The summed E-state index contributed by atoms with van der Waals surface area (Å²) in [5.74, 6) is -0.257. The van der Waals surface area contributed by atoms with Gasteiger partial charge in [0.1, 0.15) is 11.6 Å². The zero-order chi connectivity index (χ0) is 22.1. The molecule has 158 valence electrons. The van der Waals surface area contributed by atoms with Gasteiger partial charge in [-0.25, -0.2) is 4.39 Å². The number of rotatable bonds is 8. The summed E-state index contributed by atoms with van der Waals surface area (Å²) in [5.41, 5.74) is 2.60. The van der Waals surface area contributed by atoms with E-state index in [1.54, 1.807) is 24.3 Å². The molecule has 2 amide bonds. The van der Waals surface area contributed by atoms with Gasteiger partial charge in [0.25, 0.3) is 5.91 Å². The molecule has 0 aliphatic carbocycles. The lowest BCUT2D eigenvalue weighted by Crippen LogP contribution is -2.20. The molecular weight excluding hydrogens is 395 g/mol. The van der Waals surface area contributed by atoms with Crippen molar-refractivity contribution in [3.8, 4) is 5.75 Å². The van der Waals surface area contributed by atoms with Gasteiger partial charge in [-0.05, 0) is 61.0 Å². The van der Waals surface area contributed by atoms with E-state index in [1.807, 2.05) is 37.3 Å². The molecule has 0 fully saturated rings. The van der Waals surface area contributed by atoms with Crippen molar-refractivity contribution in [2.45, 2.75) is 13.5 Å². The minimum Gasteiger partial charge on any atom is -0.493 e. The van der Waals surface area contributed by atoms with E-state index in [2.05, 4.69) is 10.6 Å². The van der Waals surface area contributed by atoms with Gasteiger partial charge < -0.3 is 15.4 Å². The fraction of sp³-hybridized carbons (Fsp3) is 0.120. The molecule has 31 heavy (non-hydrogen) atoms. The van der Waals surface area contributed by atoms with Crippen LogP contribution < -0.4 is 15.4 Å². The van der Waals surface area contributed by atoms with E-state index in [-0.39, 0.29) is 11.8 Å². The number of carbonyl (C=O) groups excluding carboxylic acids is 2. The number of hydrogen-bond donors (Lipinski definition) is 2. The average Bonchev–Trinajstić information content (AvgIpc) is 2.78. The van der Waals surface area contributed by atoms with Crippen LogP contribution in [0.5, 0.6) is 5.75 Å². The molecule has 0 unspecified atom stereocenters. The summed E-state index contributed by atoms with van der Waals surface area (Å²) in [6.07, 6.45) is 3.16. The van der Waals surface area contributed by atoms with Gasteiger partial charge in [-0.3, -0.25) is 9.59 Å². The number of amides is 2. The highest BCUT2D eigenvalue weighted by molar-refractivity contribution is 6.04. The van der Waals surface area contributed by atoms with Crippen LogP contribution in [0.1, 0.15) is 28.4 Å². The second kappa shape index (κ2) is 10.7. The number of hydrogen-bond acceptors (Lipinski definition) is 3. The molecule has 0 radical (unpaired) electrons. The minimum atomic E-state index is -0.398. The summed E-state index contributed by atoms with van der Waals surface area (Å²) in [4.78, 5) is 24.5. The first kappa shape index (κ1) is 21.8. The van der Waals surface area contributed by atoms with E-state index >= 15 is 0 Å². The Balaban J connectivity index is 1.57. The smallest absolute Gasteiger partial charge is 0.255 e. The quantitative estimate of drug-likeness (QED) is 0.516. The fourth-order valence-corrected chi connectivity index (χ4v) is 2.88. The first-order valence-electron chi connectivity index (χ1n) is 9.89. The number of nitrogens with one attached hydrogen (secondary N) is 2. The molecule has 3 aromatic carbocycles. The highest BCUT2D eigenvalue weighted by atomic mass is 19.1. The normalized spacial score (nSPS) is 10.6. The number of halogens is 1. The molecule has 0 saturated heterocycles. The Bertz CT molecular complexity index is 1080. The van der Waals surface area contributed by atoms with Crippen LogP contribution in [-0.2, 0) is 11.3 Å². The zero-order valence-electron chi connectivity index (χ0n) is 17.1. The van der Waals surface area contributed by atoms with E-state index in [0.29, 0.717) is 24.4 Å². The number of anilines is 1. The van der Waals surface area contributed by atoms with Crippen LogP contribution in [0.2, 0.25) is 0 Å². The maximum Gasteiger partial charge on any atom is 0.255 e. The molecule has 3 aromatic rings. The highest BCUT2D eigenvalue weighted by Crippen LogP contribution is 2.19. The Labute approximate surface area is 180 Å². The van der Waals surface area contributed by atoms with Gasteiger partial charge in [-0.15, -0.1) is 0 Å². The summed E-state index contributed by atoms with van der Waals surface area (Å²) in [5, 5.41) is 5.59. The molecule has 0 saturated carbocycles. The Morgan fingerprint density at radius 3 is 2.55 bits per heavy atom. The van der Waals surface area contributed by atoms with Crippen molar-refractivity contribution in [3.05, 3.63) is 101 Å². The second-order valence-corrected chi connectivity index (χ2v) is 6.68. The minimum absolute atomic E-state index is 0.243. The van der Waals surface area contributed by atoms with E-state index < -0.39 is 5.82 Å². The van der Waals surface area contributed by atoms with Crippen molar-refractivity contribution in [3.63, 3.8) is 0 Å². The summed E-state index contributed by atoms with van der Waals surface area (Å²) in [7, 11) is 0. The lowest BCUT2D eigenvalue weighted by atomic mass is 10.1. The van der Waals surface area contributed by atoms with Gasteiger partial charge in [0, 0.05) is 29.4 Å². The number of carbonyl (C=O) groups is 2. The number of para-hydroxylation sites is 1. The lowest BCUT2D eigenvalue weighted by Gasteiger charge is -2.08. The number of ether oxygens (including phenoxy) is 1. The topological polar surface area (TPSA) is 67.4 Å². The average molecular weight is 418 g/mol. The Kier molecular flexibility index (Phi) is 7.54. The molecule has 0 aromatic heterocycles. The molecule has 0 spiro atoms. The molecule has 0 bridgehead atoms. The van der Waals surface area contributed by atoms with Crippen LogP contribution in [0.4, 0.5) is 10.1 Å². The fourth-order valence-electron chi connectivity index (χ4n) is 2.88. The van der Waals surface area contributed by atoms with Crippen molar-refractivity contribution < 1.29 is 18.7 Å². The standard InChI is InChI=1S/C25H23FN2O3/c1-2-31-23-9-4-3-7-19(23)12-15-24(29)27-17-18-6-5-8-22(16-18)28-25(30)20-10-13-21(26)14-11-20/h3-16H,2,17H2,1H3,(H,27,29)(H,28,30)/b15-12+. The SMILES string of the molecule is CCOc1ccccc1/C=C/C(=O)NCc1cccc(NC(=O)c2ccc(F)cc2)c1. The van der Waals surface area contributed by atoms with E-state index in [9.17, 15) is 14.0 Å². The molecule has 3 rings (SSSR count). The van der Waals surface area contributed by atoms with Crippen LogP contribution in [-0.4, -0.2) is 18.4 Å². The summed E-state index contributed by atoms with van der Waals surface area (Å²) < 4.78 is 18.6. The predicted octanol–water partition coefficient (Wildman–Crippen LogP) is 4.81. The Morgan fingerprint density at radius 2 is 1.77 bits per heavy atom. The third-order valence-corrected chi connectivity index (χ3v) is 4.39. The first-order chi connectivity index (χ1) is 15.0. The zero-order valence-corrected chi connectivity index (χ0v) is 17.1. The first-order valence-corrected chi connectivity index (χ1v) is 9.89. The molecular formula is C25H23FN2O3. The van der Waals surface area contributed by atoms with Crippen LogP contribution >= 0.6 is 0 Å². The Hall–Kier alpha value is -3.93. The monoisotopic (exact) mass is 418 g/mol. The molecule has 0 aliphatic rings. The number of benzene rings is 3. The molecule has 0 atom stereocenters. The molecule has 2 N–H and O–H groups in total. The third kappa shape index (κ3) is 6.54. The van der Waals surface area contributed by atoms with Crippen molar-refractivity contribution in [2.24, 2.45) is 0 Å². The largest absolute Gasteiger partial charge is 0.493 e. The maximum atomic E-state index is 13.0. The molecule has 0 heterocycles.